The fourth-order valence-corrected chi connectivity index (χ4v) is 5.89. The number of hydrogen-bond donors (Lipinski definition) is 1. The van der Waals surface area contributed by atoms with Crippen molar-refractivity contribution in [3.05, 3.63) is 36.3 Å². The minimum absolute atomic E-state index is 0.0728. The Morgan fingerprint density at radius 3 is 2.53 bits per heavy atom. The van der Waals surface area contributed by atoms with E-state index in [1.807, 2.05) is 24.3 Å². The van der Waals surface area contributed by atoms with E-state index in [2.05, 4.69) is 39.9 Å². The average Bonchev–Trinajstić information content (AvgIpc) is 2.75. The zero-order valence-electron chi connectivity index (χ0n) is 18.6. The summed E-state index contributed by atoms with van der Waals surface area (Å²) in [7, 11) is -1.94. The molecule has 0 amide bonds. The summed E-state index contributed by atoms with van der Waals surface area (Å²) in [6, 6.07) is 7.98. The van der Waals surface area contributed by atoms with E-state index in [9.17, 15) is 8.60 Å². The Labute approximate surface area is 189 Å². The van der Waals surface area contributed by atoms with Crippen molar-refractivity contribution < 1.29 is 18.1 Å². The van der Waals surface area contributed by atoms with Crippen LogP contribution < -0.4 is 15.0 Å². The Balaban J connectivity index is 1.36. The van der Waals surface area contributed by atoms with Gasteiger partial charge in [0.25, 0.3) is 5.88 Å². The summed E-state index contributed by atoms with van der Waals surface area (Å²) >= 11 is 0. The van der Waals surface area contributed by atoms with E-state index >= 15 is 0 Å². The van der Waals surface area contributed by atoms with E-state index in [-0.39, 0.29) is 30.0 Å². The van der Waals surface area contributed by atoms with Gasteiger partial charge in [0.15, 0.2) is 0 Å². The Hall–Kier alpha value is -2.39. The lowest BCUT2D eigenvalue weighted by Crippen LogP contribution is -2.45. The highest BCUT2D eigenvalue weighted by atomic mass is 32.2. The zero-order valence-corrected chi connectivity index (χ0v) is 19.4. The fourth-order valence-electron chi connectivity index (χ4n) is 4.16. The first-order valence-electron chi connectivity index (χ1n) is 11.0. The molecule has 0 unspecified atom stereocenters. The lowest BCUT2D eigenvalue weighted by Gasteiger charge is -2.36. The van der Waals surface area contributed by atoms with Gasteiger partial charge in [-0.2, -0.15) is 9.37 Å². The summed E-state index contributed by atoms with van der Waals surface area (Å²) in [6.45, 7) is 6.21. The number of rotatable bonds is 6. The van der Waals surface area contributed by atoms with Gasteiger partial charge in [-0.15, -0.1) is 0 Å². The predicted molar refractivity (Wildman–Crippen MR) is 127 cm³/mol. The maximum Gasteiger partial charge on any atom is 0.255 e. The molecule has 0 aliphatic carbocycles. The van der Waals surface area contributed by atoms with Crippen LogP contribution in [0.2, 0.25) is 0 Å². The smallest absolute Gasteiger partial charge is 0.255 e. The third kappa shape index (κ3) is 5.89. The van der Waals surface area contributed by atoms with E-state index in [1.165, 1.54) is 0 Å². The summed E-state index contributed by atoms with van der Waals surface area (Å²) in [5.41, 5.74) is 1.93. The number of anilines is 3. The molecule has 9 heteroatoms. The molecule has 2 saturated heterocycles. The molecule has 2 fully saturated rings. The molecule has 0 saturated carbocycles. The van der Waals surface area contributed by atoms with Crippen LogP contribution in [0, 0.1) is 11.7 Å². The Kier molecular flexibility index (Phi) is 6.85. The maximum absolute atomic E-state index is 14.2. The third-order valence-electron chi connectivity index (χ3n) is 5.87. The largest absolute Gasteiger partial charge is 0.475 e. The van der Waals surface area contributed by atoms with Gasteiger partial charge in [0.05, 0.1) is 25.0 Å². The molecule has 3 heterocycles. The molecular weight excluding hydrogens is 431 g/mol. The van der Waals surface area contributed by atoms with Crippen LogP contribution in [-0.4, -0.2) is 63.5 Å². The quantitative estimate of drug-likeness (QED) is 0.659. The molecule has 1 aromatic heterocycles. The van der Waals surface area contributed by atoms with Crippen molar-refractivity contribution in [3.63, 3.8) is 0 Å². The molecule has 0 spiro atoms. The normalized spacial score (nSPS) is 28.3. The van der Waals surface area contributed by atoms with Gasteiger partial charge >= 0.3 is 0 Å². The van der Waals surface area contributed by atoms with Crippen molar-refractivity contribution in [2.75, 3.05) is 41.4 Å². The highest BCUT2D eigenvalue weighted by Crippen LogP contribution is 2.25. The lowest BCUT2D eigenvalue weighted by atomic mass is 10.0. The molecule has 1 aromatic carbocycles. The molecule has 0 radical (unpaired) electrons. The summed E-state index contributed by atoms with van der Waals surface area (Å²) in [4.78, 5) is 10.5. The molecule has 1 N–H and O–H groups in total. The highest BCUT2D eigenvalue weighted by molar-refractivity contribution is 8.00. The maximum atomic E-state index is 14.2. The van der Waals surface area contributed by atoms with E-state index in [0.29, 0.717) is 18.1 Å². The van der Waals surface area contributed by atoms with Crippen molar-refractivity contribution in [3.8, 4) is 5.88 Å². The number of hydrogen-bond acceptors (Lipinski definition) is 7. The minimum Gasteiger partial charge on any atom is -0.475 e. The van der Waals surface area contributed by atoms with Crippen LogP contribution in [-0.2, 0) is 14.3 Å². The van der Waals surface area contributed by atoms with Gasteiger partial charge in [-0.3, -0.25) is 4.21 Å². The Morgan fingerprint density at radius 2 is 1.88 bits per heavy atom. The standard InChI is InChI=1S/C23H31FN4O3S/c1-16-13-28(14-17(2)31-16)20-6-4-19(5-7-20)26-23-25-12-21(24)22(27-23)30-15-18-8-10-32(3,29)11-9-18/h4-7,12,16-18H,3,8-11,13-15H2,1-2H3,(H,25,26,27)/t16-,17+,18?,32?. The SMILES string of the molecule is C=S1(=O)CCC(COc2nc(Nc3ccc(N4C[C@@H](C)O[C@@H](C)C4)cc3)ncc2F)CC1. The van der Waals surface area contributed by atoms with Gasteiger partial charge in [-0.05, 0) is 72.3 Å². The second kappa shape index (κ2) is 9.62. The fraction of sp³-hybridized carbons (Fsp3) is 0.522. The summed E-state index contributed by atoms with van der Waals surface area (Å²) in [5.74, 6) is 4.80. The number of aromatic nitrogens is 2. The first-order valence-corrected chi connectivity index (χ1v) is 13.1. The first-order chi connectivity index (χ1) is 15.3. The molecule has 32 heavy (non-hydrogen) atoms. The van der Waals surface area contributed by atoms with Gasteiger partial charge in [-0.25, -0.2) is 4.98 Å². The number of ether oxygens (including phenoxy) is 2. The lowest BCUT2D eigenvalue weighted by molar-refractivity contribution is -0.00521. The van der Waals surface area contributed by atoms with Crippen molar-refractivity contribution >= 4 is 32.7 Å². The molecule has 2 aliphatic heterocycles. The van der Waals surface area contributed by atoms with E-state index in [4.69, 9.17) is 9.47 Å². The molecule has 4 rings (SSSR count). The minimum atomic E-state index is -1.94. The van der Waals surface area contributed by atoms with Crippen LogP contribution >= 0.6 is 0 Å². The van der Waals surface area contributed by atoms with Gasteiger partial charge < -0.3 is 19.7 Å². The van der Waals surface area contributed by atoms with Gasteiger partial charge in [0.2, 0.25) is 11.8 Å². The summed E-state index contributed by atoms with van der Waals surface area (Å²) < 4.78 is 37.6. The van der Waals surface area contributed by atoms with Crippen LogP contribution in [0.5, 0.6) is 5.88 Å². The van der Waals surface area contributed by atoms with Crippen LogP contribution in [0.3, 0.4) is 0 Å². The van der Waals surface area contributed by atoms with E-state index in [1.54, 1.807) is 0 Å². The summed E-state index contributed by atoms with van der Waals surface area (Å²) in [6.07, 6.45) is 3.04. The van der Waals surface area contributed by atoms with Crippen molar-refractivity contribution in [2.24, 2.45) is 5.92 Å². The second-order valence-corrected chi connectivity index (χ2v) is 11.6. The molecule has 174 valence electrons. The molecule has 2 aromatic rings. The Morgan fingerprint density at radius 1 is 1.22 bits per heavy atom. The predicted octanol–water partition coefficient (Wildman–Crippen LogP) is 3.48. The molecule has 2 atom stereocenters. The zero-order chi connectivity index (χ0) is 22.7. The topological polar surface area (TPSA) is 76.6 Å². The monoisotopic (exact) mass is 462 g/mol. The molecule has 2 aliphatic rings. The van der Waals surface area contributed by atoms with E-state index < -0.39 is 15.3 Å². The molecular formula is C23H31FN4O3S. The average molecular weight is 463 g/mol. The van der Waals surface area contributed by atoms with E-state index in [0.717, 1.165) is 43.5 Å². The number of morpholine rings is 1. The van der Waals surface area contributed by atoms with Crippen molar-refractivity contribution in [1.82, 2.24) is 9.97 Å². The molecule has 7 nitrogen and oxygen atoms in total. The summed E-state index contributed by atoms with van der Waals surface area (Å²) in [5, 5.41) is 3.11. The first kappa shape index (κ1) is 22.8. The van der Waals surface area contributed by atoms with Crippen molar-refractivity contribution in [2.45, 2.75) is 38.9 Å². The number of benzene rings is 1. The van der Waals surface area contributed by atoms with Gasteiger partial charge in [0.1, 0.15) is 0 Å². The molecule has 0 bridgehead atoms. The highest BCUT2D eigenvalue weighted by Gasteiger charge is 2.23. The number of nitrogens with zero attached hydrogens (tertiary/aromatic N) is 3. The van der Waals surface area contributed by atoms with Crippen LogP contribution in [0.4, 0.5) is 21.7 Å². The van der Waals surface area contributed by atoms with Crippen LogP contribution in [0.1, 0.15) is 26.7 Å². The van der Waals surface area contributed by atoms with Gasteiger partial charge in [-0.1, -0.05) is 0 Å². The number of nitrogens with one attached hydrogen (secondary N) is 1. The Bertz CT molecular complexity index is 1010. The van der Waals surface area contributed by atoms with Crippen LogP contribution in [0.15, 0.2) is 30.5 Å². The third-order valence-corrected chi connectivity index (χ3v) is 7.83. The van der Waals surface area contributed by atoms with Gasteiger partial charge in [0, 0.05) is 36.0 Å². The van der Waals surface area contributed by atoms with Crippen molar-refractivity contribution in [1.29, 1.82) is 0 Å². The number of halogens is 1. The van der Waals surface area contributed by atoms with Crippen LogP contribution in [0.25, 0.3) is 0 Å². The second-order valence-electron chi connectivity index (χ2n) is 8.81.